The Kier molecular flexibility index (Phi) is 11.8. The lowest BCUT2D eigenvalue weighted by atomic mass is 10.1. The molecule has 2 aromatic rings. The maximum Gasteiger partial charge on any atom is 0.240 e. The smallest absolute Gasteiger partial charge is 0.240 e. The van der Waals surface area contributed by atoms with E-state index in [1.54, 1.807) is 37.4 Å². The predicted octanol–water partition coefficient (Wildman–Crippen LogP) is 2.28. The van der Waals surface area contributed by atoms with E-state index in [0.717, 1.165) is 11.1 Å². The topological polar surface area (TPSA) is 91.8 Å². The zero-order valence-electron chi connectivity index (χ0n) is 17.0. The third-order valence-corrected chi connectivity index (χ3v) is 5.59. The maximum atomic E-state index is 13.2. The van der Waals surface area contributed by atoms with Gasteiger partial charge in [-0.1, -0.05) is 24.3 Å². The molecule has 0 aliphatic heterocycles. The first-order valence-corrected chi connectivity index (χ1v) is 10.7. The fourth-order valence-electron chi connectivity index (χ4n) is 2.57. The summed E-state index contributed by atoms with van der Waals surface area (Å²) in [6.07, 6.45) is 0.668. The highest BCUT2D eigenvalue weighted by atomic mass is 127. The van der Waals surface area contributed by atoms with Crippen LogP contribution in [0.5, 0.6) is 0 Å². The van der Waals surface area contributed by atoms with Crippen LogP contribution in [0.1, 0.15) is 11.1 Å². The number of methoxy groups -OCH3 is 1. The molecule has 0 spiro atoms. The summed E-state index contributed by atoms with van der Waals surface area (Å²) >= 11 is 0. The molecule has 0 heterocycles. The molecule has 166 valence electrons. The fraction of sp³-hybridized carbons (Fsp3) is 0.350. The van der Waals surface area contributed by atoms with Crippen molar-refractivity contribution in [2.75, 3.05) is 33.9 Å². The van der Waals surface area contributed by atoms with Crippen molar-refractivity contribution in [2.24, 2.45) is 4.99 Å². The second-order valence-corrected chi connectivity index (χ2v) is 8.03. The molecule has 7 nitrogen and oxygen atoms in total. The minimum absolute atomic E-state index is 0. The number of nitrogens with one attached hydrogen (secondary N) is 3. The maximum absolute atomic E-state index is 13.2. The number of benzene rings is 2. The summed E-state index contributed by atoms with van der Waals surface area (Å²) in [5.74, 6) is 0.365. The van der Waals surface area contributed by atoms with Crippen LogP contribution in [0.4, 0.5) is 4.39 Å². The van der Waals surface area contributed by atoms with Crippen molar-refractivity contribution < 1.29 is 17.5 Å². The van der Waals surface area contributed by atoms with Crippen LogP contribution in [0.2, 0.25) is 0 Å². The van der Waals surface area contributed by atoms with Gasteiger partial charge in [0.2, 0.25) is 10.0 Å². The molecule has 2 aromatic carbocycles. The van der Waals surface area contributed by atoms with Crippen molar-refractivity contribution in [3.8, 4) is 0 Å². The fourth-order valence-corrected chi connectivity index (χ4v) is 3.59. The van der Waals surface area contributed by atoms with Crippen LogP contribution in [0, 0.1) is 5.82 Å². The van der Waals surface area contributed by atoms with Crippen molar-refractivity contribution in [1.29, 1.82) is 0 Å². The highest BCUT2D eigenvalue weighted by Crippen LogP contribution is 2.10. The number of nitrogens with zero attached hydrogens (tertiary/aromatic N) is 1. The lowest BCUT2D eigenvalue weighted by molar-refractivity contribution is 0.204. The largest absolute Gasteiger partial charge is 0.383 e. The molecule has 0 aliphatic rings. The van der Waals surface area contributed by atoms with Crippen LogP contribution >= 0.6 is 24.0 Å². The number of ether oxygens (including phenoxy) is 1. The third-order valence-electron chi connectivity index (χ3n) is 4.11. The molecule has 0 fully saturated rings. The second kappa shape index (κ2) is 13.5. The van der Waals surface area contributed by atoms with Crippen molar-refractivity contribution in [3.05, 3.63) is 65.5 Å². The SMILES string of the molecule is CN=C(NCCc1cccc(F)c1)NCc1ccc(S(=O)(=O)NCCOC)cc1.I. The van der Waals surface area contributed by atoms with Gasteiger partial charge in [0.25, 0.3) is 0 Å². The monoisotopic (exact) mass is 550 g/mol. The average molecular weight is 550 g/mol. The summed E-state index contributed by atoms with van der Waals surface area (Å²) in [5.41, 5.74) is 1.82. The summed E-state index contributed by atoms with van der Waals surface area (Å²) in [6, 6.07) is 13.1. The molecule has 2 rings (SSSR count). The Morgan fingerprint density at radius 2 is 1.80 bits per heavy atom. The van der Waals surface area contributed by atoms with Gasteiger partial charge < -0.3 is 15.4 Å². The number of aliphatic imine (C=N–C) groups is 1. The molecule has 0 amide bonds. The van der Waals surface area contributed by atoms with Gasteiger partial charge in [-0.3, -0.25) is 4.99 Å². The number of rotatable bonds is 10. The zero-order valence-corrected chi connectivity index (χ0v) is 20.2. The minimum Gasteiger partial charge on any atom is -0.383 e. The first kappa shape index (κ1) is 26.3. The Labute approximate surface area is 194 Å². The molecule has 0 aromatic heterocycles. The number of halogens is 2. The van der Waals surface area contributed by atoms with Crippen molar-refractivity contribution in [3.63, 3.8) is 0 Å². The Hall–Kier alpha value is -1.76. The average Bonchev–Trinajstić information content (AvgIpc) is 2.71. The zero-order chi connectivity index (χ0) is 21.1. The number of hydrogen-bond donors (Lipinski definition) is 3. The van der Waals surface area contributed by atoms with Crippen LogP contribution in [0.15, 0.2) is 58.4 Å². The number of sulfonamides is 1. The Bertz CT molecular complexity index is 909. The minimum atomic E-state index is -3.54. The van der Waals surface area contributed by atoms with Crippen LogP contribution in [-0.2, 0) is 27.7 Å². The Morgan fingerprint density at radius 1 is 1.07 bits per heavy atom. The standard InChI is InChI=1S/C20H27FN4O3S.HI/c1-22-20(23-11-10-16-4-3-5-18(21)14-16)24-15-17-6-8-19(9-7-17)29(26,27)25-12-13-28-2;/h3-9,14,25H,10-13,15H2,1-2H3,(H2,22,23,24);1H. The molecule has 0 saturated heterocycles. The first-order valence-electron chi connectivity index (χ1n) is 9.21. The molecule has 0 unspecified atom stereocenters. The number of hydrogen-bond acceptors (Lipinski definition) is 4. The van der Waals surface area contributed by atoms with E-state index in [0.29, 0.717) is 32.1 Å². The highest BCUT2D eigenvalue weighted by molar-refractivity contribution is 14.0. The summed E-state index contributed by atoms with van der Waals surface area (Å²) in [5, 5.41) is 6.34. The van der Waals surface area contributed by atoms with Gasteiger partial charge in [-0.05, 0) is 41.8 Å². The van der Waals surface area contributed by atoms with Gasteiger partial charge in [-0.15, -0.1) is 24.0 Å². The molecule has 0 bridgehead atoms. The van der Waals surface area contributed by atoms with E-state index < -0.39 is 10.0 Å². The highest BCUT2D eigenvalue weighted by Gasteiger charge is 2.12. The summed E-state index contributed by atoms with van der Waals surface area (Å²) in [4.78, 5) is 4.36. The first-order chi connectivity index (χ1) is 13.9. The van der Waals surface area contributed by atoms with Crippen molar-refractivity contribution in [2.45, 2.75) is 17.9 Å². The van der Waals surface area contributed by atoms with E-state index in [-0.39, 0.29) is 41.2 Å². The Balaban J connectivity index is 0.00000450. The van der Waals surface area contributed by atoms with Crippen LogP contribution in [-0.4, -0.2) is 48.2 Å². The molecule has 0 radical (unpaired) electrons. The second-order valence-electron chi connectivity index (χ2n) is 6.27. The van der Waals surface area contributed by atoms with Crippen LogP contribution < -0.4 is 15.4 Å². The van der Waals surface area contributed by atoms with Gasteiger partial charge in [0.05, 0.1) is 11.5 Å². The van der Waals surface area contributed by atoms with E-state index in [1.165, 1.54) is 19.2 Å². The van der Waals surface area contributed by atoms with Gasteiger partial charge >= 0.3 is 0 Å². The van der Waals surface area contributed by atoms with Gasteiger partial charge in [-0.25, -0.2) is 17.5 Å². The summed E-state index contributed by atoms with van der Waals surface area (Å²) < 4.78 is 44.8. The number of guanidine groups is 1. The van der Waals surface area contributed by atoms with Crippen molar-refractivity contribution in [1.82, 2.24) is 15.4 Å². The molecular formula is C20H28FIN4O3S. The van der Waals surface area contributed by atoms with Gasteiger partial charge in [0.15, 0.2) is 5.96 Å². The molecule has 30 heavy (non-hydrogen) atoms. The molecule has 0 saturated carbocycles. The quantitative estimate of drug-likeness (QED) is 0.183. The molecular weight excluding hydrogens is 522 g/mol. The normalized spacial score (nSPS) is 11.6. The lowest BCUT2D eigenvalue weighted by Crippen LogP contribution is -2.37. The van der Waals surface area contributed by atoms with E-state index >= 15 is 0 Å². The van der Waals surface area contributed by atoms with Gasteiger partial charge in [0, 0.05) is 33.8 Å². The molecule has 10 heteroatoms. The Morgan fingerprint density at radius 3 is 2.43 bits per heavy atom. The summed E-state index contributed by atoms with van der Waals surface area (Å²) in [6.45, 7) is 1.62. The van der Waals surface area contributed by atoms with E-state index in [1.807, 2.05) is 6.07 Å². The summed E-state index contributed by atoms with van der Waals surface area (Å²) in [7, 11) is -0.360. The predicted molar refractivity (Wildman–Crippen MR) is 127 cm³/mol. The van der Waals surface area contributed by atoms with Crippen molar-refractivity contribution >= 4 is 40.0 Å². The van der Waals surface area contributed by atoms with E-state index in [4.69, 9.17) is 4.74 Å². The molecule has 3 N–H and O–H groups in total. The van der Waals surface area contributed by atoms with Gasteiger partial charge in [0.1, 0.15) is 5.82 Å². The van der Waals surface area contributed by atoms with E-state index in [9.17, 15) is 12.8 Å². The van der Waals surface area contributed by atoms with Crippen LogP contribution in [0.3, 0.4) is 0 Å². The van der Waals surface area contributed by atoms with Crippen LogP contribution in [0.25, 0.3) is 0 Å². The van der Waals surface area contributed by atoms with Gasteiger partial charge in [-0.2, -0.15) is 0 Å². The van der Waals surface area contributed by atoms with E-state index in [2.05, 4.69) is 20.3 Å². The molecule has 0 aliphatic carbocycles. The lowest BCUT2D eigenvalue weighted by Gasteiger charge is -2.12. The third kappa shape index (κ3) is 8.94. The molecule has 0 atom stereocenters.